The number of hydrogen-bond acceptors (Lipinski definition) is 4. The van der Waals surface area contributed by atoms with Gasteiger partial charge in [0.1, 0.15) is 11.9 Å². The van der Waals surface area contributed by atoms with Gasteiger partial charge in [0.25, 0.3) is 0 Å². The van der Waals surface area contributed by atoms with Gasteiger partial charge in [0.2, 0.25) is 0 Å². The van der Waals surface area contributed by atoms with Gasteiger partial charge in [0.05, 0.1) is 0 Å². The number of piperidine rings is 1. The minimum absolute atomic E-state index is 0.337. The predicted octanol–water partition coefficient (Wildman–Crippen LogP) is 0.396. The number of carbonyl (C=O) groups excluding carboxylic acids is 1. The zero-order chi connectivity index (χ0) is 15.5. The number of carboxylic acid groups (broad SMARTS) is 1. The van der Waals surface area contributed by atoms with Crippen molar-refractivity contribution < 1.29 is 14.7 Å². The smallest absolute Gasteiger partial charge is 0.329 e. The van der Waals surface area contributed by atoms with Crippen molar-refractivity contribution in [3.05, 3.63) is 12.2 Å². The Morgan fingerprint density at radius 1 is 1.48 bits per heavy atom. The minimum Gasteiger partial charge on any atom is -0.480 e. The van der Waals surface area contributed by atoms with Crippen LogP contribution < -0.4 is 5.32 Å². The highest BCUT2D eigenvalue weighted by molar-refractivity contribution is 5.86. The number of carbonyl (C=O) groups is 2. The Bertz CT molecular complexity index is 530. The van der Waals surface area contributed by atoms with Crippen molar-refractivity contribution in [2.45, 2.75) is 38.1 Å². The predicted molar refractivity (Wildman–Crippen MR) is 74.7 cm³/mol. The van der Waals surface area contributed by atoms with Crippen LogP contribution >= 0.6 is 0 Å². The molecule has 1 aromatic heterocycles. The Labute approximate surface area is 123 Å². The Kier molecular flexibility index (Phi) is 4.44. The molecule has 1 aromatic rings. The number of aliphatic carboxylic acids is 1. The first-order chi connectivity index (χ1) is 9.93. The average Bonchev–Trinajstić information content (AvgIpc) is 2.84. The summed E-state index contributed by atoms with van der Waals surface area (Å²) in [7, 11) is 1.78. The first kappa shape index (κ1) is 15.3. The van der Waals surface area contributed by atoms with E-state index in [4.69, 9.17) is 0 Å². The molecule has 0 aliphatic carbocycles. The first-order valence-electron chi connectivity index (χ1n) is 7.07. The second-order valence-corrected chi connectivity index (χ2v) is 5.50. The molecule has 21 heavy (non-hydrogen) atoms. The van der Waals surface area contributed by atoms with Crippen molar-refractivity contribution in [2.75, 3.05) is 13.1 Å². The summed E-state index contributed by atoms with van der Waals surface area (Å²) in [5.41, 5.74) is -1.12. The van der Waals surface area contributed by atoms with Gasteiger partial charge in [-0.15, -0.1) is 0 Å². The highest BCUT2D eigenvalue weighted by atomic mass is 16.4. The topological polar surface area (TPSA) is 100 Å². The number of hydrogen-bond donors (Lipinski definition) is 2. The number of urea groups is 1. The third-order valence-electron chi connectivity index (χ3n) is 3.87. The largest absolute Gasteiger partial charge is 0.480 e. The summed E-state index contributed by atoms with van der Waals surface area (Å²) in [6.45, 7) is 2.46. The molecule has 2 rings (SSSR count). The molecule has 116 valence electrons. The number of amides is 2. The molecule has 1 aliphatic rings. The third kappa shape index (κ3) is 3.32. The van der Waals surface area contributed by atoms with Crippen LogP contribution in [0.2, 0.25) is 0 Å². The lowest BCUT2D eigenvalue weighted by molar-refractivity contribution is -0.150. The summed E-state index contributed by atoms with van der Waals surface area (Å²) in [4.78, 5) is 29.2. The van der Waals surface area contributed by atoms with Crippen molar-refractivity contribution in [1.82, 2.24) is 25.0 Å². The molecule has 0 bridgehead atoms. The molecule has 0 spiro atoms. The number of rotatable bonds is 4. The summed E-state index contributed by atoms with van der Waals surface area (Å²) < 4.78 is 1.60. The maximum Gasteiger partial charge on any atom is 0.329 e. The molecule has 0 aromatic carbocycles. The number of nitrogens with one attached hydrogen (secondary N) is 1. The van der Waals surface area contributed by atoms with Gasteiger partial charge in [-0.25, -0.2) is 14.6 Å². The average molecular weight is 295 g/mol. The van der Waals surface area contributed by atoms with E-state index < -0.39 is 11.5 Å². The molecule has 0 saturated carbocycles. The highest BCUT2D eigenvalue weighted by Gasteiger charge is 2.43. The zero-order valence-electron chi connectivity index (χ0n) is 12.4. The molecule has 2 N–H and O–H groups in total. The van der Waals surface area contributed by atoms with Crippen molar-refractivity contribution >= 4 is 12.0 Å². The summed E-state index contributed by atoms with van der Waals surface area (Å²) in [6.07, 6.45) is 4.26. The maximum atomic E-state index is 12.2. The van der Waals surface area contributed by atoms with Gasteiger partial charge in [-0.3, -0.25) is 4.68 Å². The van der Waals surface area contributed by atoms with Crippen LogP contribution in [0, 0.1) is 0 Å². The molecule has 2 amide bonds. The Morgan fingerprint density at radius 3 is 2.86 bits per heavy atom. The van der Waals surface area contributed by atoms with E-state index in [-0.39, 0.29) is 6.03 Å². The molecule has 1 unspecified atom stereocenters. The molecular formula is C13H21N5O3. The van der Waals surface area contributed by atoms with E-state index in [2.05, 4.69) is 15.4 Å². The quantitative estimate of drug-likeness (QED) is 0.837. The normalized spacial score (nSPS) is 22.1. The maximum absolute atomic E-state index is 12.2. The van der Waals surface area contributed by atoms with Crippen molar-refractivity contribution in [3.8, 4) is 0 Å². The second kappa shape index (κ2) is 6.11. The van der Waals surface area contributed by atoms with E-state index in [9.17, 15) is 14.7 Å². The molecule has 1 aliphatic heterocycles. The number of likely N-dealkylation sites (tertiary alicyclic amines) is 1. The Morgan fingerprint density at radius 2 is 2.24 bits per heavy atom. The molecular weight excluding hydrogens is 274 g/mol. The number of carboxylic acids is 1. The number of aryl methyl sites for hydroxylation is 1. The van der Waals surface area contributed by atoms with Gasteiger partial charge in [0.15, 0.2) is 5.82 Å². The fourth-order valence-electron chi connectivity index (χ4n) is 2.54. The monoisotopic (exact) mass is 295 g/mol. The van der Waals surface area contributed by atoms with Gasteiger partial charge in [-0.05, 0) is 26.2 Å². The molecule has 0 radical (unpaired) electrons. The molecule has 2 heterocycles. The second-order valence-electron chi connectivity index (χ2n) is 5.50. The molecule has 1 fully saturated rings. The van der Waals surface area contributed by atoms with Crippen LogP contribution in [0.15, 0.2) is 6.33 Å². The molecule has 8 heteroatoms. The van der Waals surface area contributed by atoms with Crippen LogP contribution in [0.25, 0.3) is 0 Å². The summed E-state index contributed by atoms with van der Waals surface area (Å²) in [5, 5.41) is 16.3. The van der Waals surface area contributed by atoms with E-state index in [0.29, 0.717) is 31.8 Å². The van der Waals surface area contributed by atoms with Crippen LogP contribution in [-0.4, -0.2) is 55.4 Å². The minimum atomic E-state index is -1.12. The van der Waals surface area contributed by atoms with Crippen molar-refractivity contribution in [1.29, 1.82) is 0 Å². The van der Waals surface area contributed by atoms with Gasteiger partial charge < -0.3 is 15.3 Å². The van der Waals surface area contributed by atoms with Crippen LogP contribution in [0.5, 0.6) is 0 Å². The SMILES string of the molecule is Cn1cnc(CCNC(=O)N2CCCCC2(C)C(=O)O)n1. The fourth-order valence-corrected chi connectivity index (χ4v) is 2.54. The Balaban J connectivity index is 1.90. The summed E-state index contributed by atoms with van der Waals surface area (Å²) in [6, 6.07) is -0.337. The van der Waals surface area contributed by atoms with E-state index in [1.165, 1.54) is 4.90 Å². The summed E-state index contributed by atoms with van der Waals surface area (Å²) in [5.74, 6) is -0.304. The van der Waals surface area contributed by atoms with E-state index in [1.54, 1.807) is 25.0 Å². The zero-order valence-corrected chi connectivity index (χ0v) is 12.4. The lowest BCUT2D eigenvalue weighted by Gasteiger charge is -2.41. The van der Waals surface area contributed by atoms with Crippen LogP contribution in [0.4, 0.5) is 4.79 Å². The molecule has 1 saturated heterocycles. The lowest BCUT2D eigenvalue weighted by atomic mass is 9.89. The van der Waals surface area contributed by atoms with Crippen molar-refractivity contribution in [2.24, 2.45) is 7.05 Å². The van der Waals surface area contributed by atoms with Gasteiger partial charge >= 0.3 is 12.0 Å². The highest BCUT2D eigenvalue weighted by Crippen LogP contribution is 2.28. The van der Waals surface area contributed by atoms with Gasteiger partial charge in [-0.2, -0.15) is 5.10 Å². The number of aromatic nitrogens is 3. The van der Waals surface area contributed by atoms with Crippen molar-refractivity contribution in [3.63, 3.8) is 0 Å². The standard InChI is InChI=1S/C13H21N5O3/c1-13(11(19)20)6-3-4-8-18(13)12(21)14-7-5-10-15-9-17(2)16-10/h9H,3-8H2,1-2H3,(H,14,21)(H,19,20). The summed E-state index contributed by atoms with van der Waals surface area (Å²) >= 11 is 0. The van der Waals surface area contributed by atoms with Crippen LogP contribution in [-0.2, 0) is 18.3 Å². The van der Waals surface area contributed by atoms with E-state index in [0.717, 1.165) is 12.8 Å². The van der Waals surface area contributed by atoms with Crippen LogP contribution in [0.3, 0.4) is 0 Å². The molecule has 8 nitrogen and oxygen atoms in total. The lowest BCUT2D eigenvalue weighted by Crippen LogP contribution is -2.60. The van der Waals surface area contributed by atoms with Crippen LogP contribution in [0.1, 0.15) is 32.0 Å². The number of nitrogens with zero attached hydrogens (tertiary/aromatic N) is 4. The Hall–Kier alpha value is -2.12. The van der Waals surface area contributed by atoms with E-state index >= 15 is 0 Å². The van der Waals surface area contributed by atoms with Gasteiger partial charge in [-0.1, -0.05) is 0 Å². The van der Waals surface area contributed by atoms with Gasteiger partial charge in [0, 0.05) is 26.6 Å². The van der Waals surface area contributed by atoms with E-state index in [1.807, 2.05) is 0 Å². The first-order valence-corrected chi connectivity index (χ1v) is 7.07. The molecule has 1 atom stereocenters. The fraction of sp³-hybridized carbons (Fsp3) is 0.692. The third-order valence-corrected chi connectivity index (χ3v) is 3.87.